The molecule has 0 spiro atoms. The molecule has 5 heteroatoms. The molecule has 118 valence electrons. The van der Waals surface area contributed by atoms with Gasteiger partial charge in [-0.15, -0.1) is 0 Å². The normalized spacial score (nSPS) is 25.3. The molecule has 1 aliphatic heterocycles. The van der Waals surface area contributed by atoms with Crippen LogP contribution >= 0.6 is 0 Å². The summed E-state index contributed by atoms with van der Waals surface area (Å²) in [5.74, 6) is 0. The molecule has 1 atom stereocenters. The van der Waals surface area contributed by atoms with Crippen LogP contribution in [-0.2, 0) is 11.3 Å². The van der Waals surface area contributed by atoms with Crippen molar-refractivity contribution >= 4 is 0 Å². The summed E-state index contributed by atoms with van der Waals surface area (Å²) in [5.41, 5.74) is 1.20. The van der Waals surface area contributed by atoms with Gasteiger partial charge in [0.05, 0.1) is 24.9 Å². The molecule has 1 aliphatic carbocycles. The van der Waals surface area contributed by atoms with Crippen molar-refractivity contribution in [3.63, 3.8) is 0 Å². The maximum Gasteiger partial charge on any atom is 0.0765 e. The van der Waals surface area contributed by atoms with Crippen LogP contribution in [0.2, 0.25) is 0 Å². The Morgan fingerprint density at radius 2 is 2.19 bits per heavy atom. The smallest absolute Gasteiger partial charge is 0.0765 e. The van der Waals surface area contributed by atoms with Crippen molar-refractivity contribution in [1.29, 1.82) is 0 Å². The summed E-state index contributed by atoms with van der Waals surface area (Å²) in [5, 5.41) is 8.10. The van der Waals surface area contributed by atoms with Crippen LogP contribution in [0.4, 0.5) is 0 Å². The van der Waals surface area contributed by atoms with Gasteiger partial charge in [-0.2, -0.15) is 5.10 Å². The molecule has 2 aliphatic rings. The minimum absolute atomic E-state index is 0.462. The first kappa shape index (κ1) is 15.0. The average molecular weight is 292 g/mol. The summed E-state index contributed by atoms with van der Waals surface area (Å²) in [6, 6.07) is 3.29. The number of morpholine rings is 1. The monoisotopic (exact) mass is 292 g/mol. The van der Waals surface area contributed by atoms with E-state index in [1.165, 1.54) is 37.8 Å². The lowest BCUT2D eigenvalue weighted by Gasteiger charge is -2.35. The van der Waals surface area contributed by atoms with E-state index in [-0.39, 0.29) is 0 Å². The van der Waals surface area contributed by atoms with E-state index in [0.717, 1.165) is 32.8 Å². The summed E-state index contributed by atoms with van der Waals surface area (Å²) in [6.07, 6.45) is 8.87. The molecule has 1 aromatic heterocycles. The second-order valence-electron chi connectivity index (χ2n) is 6.34. The first-order valence-electron chi connectivity index (χ1n) is 8.37. The van der Waals surface area contributed by atoms with Crippen molar-refractivity contribution in [3.8, 4) is 0 Å². The Hall–Kier alpha value is -0.910. The van der Waals surface area contributed by atoms with E-state index in [9.17, 15) is 0 Å². The minimum atomic E-state index is 0.462. The van der Waals surface area contributed by atoms with Gasteiger partial charge in [-0.3, -0.25) is 9.58 Å². The molecule has 0 bridgehead atoms. The average Bonchev–Trinajstić information content (AvgIpc) is 2.99. The number of nitrogens with zero attached hydrogens (tertiary/aromatic N) is 3. The van der Waals surface area contributed by atoms with E-state index in [1.54, 1.807) is 0 Å². The van der Waals surface area contributed by atoms with Crippen molar-refractivity contribution in [2.45, 2.75) is 50.7 Å². The van der Waals surface area contributed by atoms with Gasteiger partial charge in [0.1, 0.15) is 0 Å². The fourth-order valence-electron chi connectivity index (χ4n) is 3.54. The van der Waals surface area contributed by atoms with Crippen LogP contribution in [-0.4, -0.2) is 54.1 Å². The van der Waals surface area contributed by atoms with Crippen LogP contribution in [0.1, 0.15) is 43.8 Å². The van der Waals surface area contributed by atoms with E-state index >= 15 is 0 Å². The summed E-state index contributed by atoms with van der Waals surface area (Å²) < 4.78 is 7.81. The number of hydrogen-bond donors (Lipinski definition) is 1. The van der Waals surface area contributed by atoms with Gasteiger partial charge < -0.3 is 10.1 Å². The number of hydrogen-bond acceptors (Lipinski definition) is 4. The largest absolute Gasteiger partial charge is 0.378 e. The molecule has 1 unspecified atom stereocenters. The summed E-state index contributed by atoms with van der Waals surface area (Å²) in [4.78, 5) is 2.49. The quantitative estimate of drug-likeness (QED) is 0.899. The first-order chi connectivity index (χ1) is 10.4. The van der Waals surface area contributed by atoms with Gasteiger partial charge in [0.15, 0.2) is 0 Å². The van der Waals surface area contributed by atoms with Crippen LogP contribution in [0, 0.1) is 0 Å². The Labute approximate surface area is 127 Å². The second-order valence-corrected chi connectivity index (χ2v) is 6.34. The molecule has 0 aromatic carbocycles. The van der Waals surface area contributed by atoms with Gasteiger partial charge in [-0.1, -0.05) is 19.3 Å². The van der Waals surface area contributed by atoms with Gasteiger partial charge >= 0.3 is 0 Å². The third kappa shape index (κ3) is 3.84. The Morgan fingerprint density at radius 3 is 3.00 bits per heavy atom. The number of rotatable bonds is 5. The van der Waals surface area contributed by atoms with Gasteiger partial charge in [-0.05, 0) is 26.0 Å². The molecule has 1 saturated heterocycles. The number of nitrogens with one attached hydrogen (secondary N) is 1. The molecule has 1 N–H and O–H groups in total. The van der Waals surface area contributed by atoms with Crippen LogP contribution in [0.3, 0.4) is 0 Å². The zero-order valence-corrected chi connectivity index (χ0v) is 13.1. The maximum absolute atomic E-state index is 5.60. The van der Waals surface area contributed by atoms with Crippen LogP contribution in [0.25, 0.3) is 0 Å². The molecule has 1 aromatic rings. The molecular weight excluding hydrogens is 264 g/mol. The van der Waals surface area contributed by atoms with E-state index in [1.807, 2.05) is 7.05 Å². The maximum atomic E-state index is 5.60. The number of ether oxygens (including phenoxy) is 1. The lowest BCUT2D eigenvalue weighted by Crippen LogP contribution is -2.49. The van der Waals surface area contributed by atoms with Crippen molar-refractivity contribution in [2.24, 2.45) is 0 Å². The standard InChI is InChI=1S/C16H28N4O/c1-17-11-16-13-21-10-9-19(16)12-14-7-8-20(18-14)15-5-3-2-4-6-15/h7-8,15-17H,2-6,9-13H2,1H3. The first-order valence-corrected chi connectivity index (χ1v) is 8.37. The molecule has 1 saturated carbocycles. The predicted octanol–water partition coefficient (Wildman–Crippen LogP) is 1.81. The Balaban J connectivity index is 1.60. The van der Waals surface area contributed by atoms with Gasteiger partial charge in [0, 0.05) is 31.9 Å². The SMILES string of the molecule is CNCC1COCCN1Cc1ccn(C2CCCCC2)n1. The molecule has 2 fully saturated rings. The summed E-state index contributed by atoms with van der Waals surface area (Å²) in [7, 11) is 2.00. The number of likely N-dealkylation sites (N-methyl/N-ethyl adjacent to an activating group) is 1. The second kappa shape index (κ2) is 7.38. The highest BCUT2D eigenvalue weighted by atomic mass is 16.5. The fourth-order valence-corrected chi connectivity index (χ4v) is 3.54. The summed E-state index contributed by atoms with van der Waals surface area (Å²) in [6.45, 7) is 4.58. The molecule has 0 amide bonds. The van der Waals surface area contributed by atoms with Crippen LogP contribution in [0.5, 0.6) is 0 Å². The predicted molar refractivity (Wildman–Crippen MR) is 83.3 cm³/mol. The van der Waals surface area contributed by atoms with Gasteiger partial charge in [-0.25, -0.2) is 0 Å². The van der Waals surface area contributed by atoms with E-state index in [2.05, 4.69) is 27.2 Å². The Bertz CT molecular complexity index is 426. The molecular formula is C16H28N4O. The molecule has 5 nitrogen and oxygen atoms in total. The minimum Gasteiger partial charge on any atom is -0.378 e. The zero-order valence-electron chi connectivity index (χ0n) is 13.1. The van der Waals surface area contributed by atoms with E-state index in [0.29, 0.717) is 12.1 Å². The van der Waals surface area contributed by atoms with Crippen LogP contribution < -0.4 is 5.32 Å². The van der Waals surface area contributed by atoms with Gasteiger partial charge in [0.2, 0.25) is 0 Å². The highest BCUT2D eigenvalue weighted by molar-refractivity contribution is 5.01. The van der Waals surface area contributed by atoms with Crippen molar-refractivity contribution < 1.29 is 4.74 Å². The third-order valence-corrected chi connectivity index (χ3v) is 4.77. The molecule has 0 radical (unpaired) electrons. The highest BCUT2D eigenvalue weighted by Gasteiger charge is 2.23. The van der Waals surface area contributed by atoms with E-state index < -0.39 is 0 Å². The molecule has 2 heterocycles. The topological polar surface area (TPSA) is 42.3 Å². The van der Waals surface area contributed by atoms with Crippen molar-refractivity contribution in [3.05, 3.63) is 18.0 Å². The van der Waals surface area contributed by atoms with Crippen molar-refractivity contribution in [2.75, 3.05) is 33.4 Å². The fraction of sp³-hybridized carbons (Fsp3) is 0.812. The third-order valence-electron chi connectivity index (χ3n) is 4.77. The zero-order chi connectivity index (χ0) is 14.5. The Morgan fingerprint density at radius 1 is 1.33 bits per heavy atom. The van der Waals surface area contributed by atoms with Crippen LogP contribution in [0.15, 0.2) is 12.3 Å². The lowest BCUT2D eigenvalue weighted by atomic mass is 9.96. The molecule has 21 heavy (non-hydrogen) atoms. The highest BCUT2D eigenvalue weighted by Crippen LogP contribution is 2.27. The van der Waals surface area contributed by atoms with Crippen molar-refractivity contribution in [1.82, 2.24) is 20.0 Å². The van der Waals surface area contributed by atoms with E-state index in [4.69, 9.17) is 9.84 Å². The number of aromatic nitrogens is 2. The summed E-state index contributed by atoms with van der Waals surface area (Å²) >= 11 is 0. The Kier molecular flexibility index (Phi) is 5.27. The molecule has 3 rings (SSSR count). The lowest BCUT2D eigenvalue weighted by molar-refractivity contribution is -0.0109. The van der Waals surface area contributed by atoms with Gasteiger partial charge in [0.25, 0.3) is 0 Å².